The van der Waals surface area contributed by atoms with E-state index in [2.05, 4.69) is 19.6 Å². The molecule has 2 aromatic heterocycles. The van der Waals surface area contributed by atoms with E-state index < -0.39 is 17.4 Å². The molecule has 206 valence electrons. The minimum atomic E-state index is -0.791. The second-order valence-electron chi connectivity index (χ2n) is 9.25. The Bertz CT molecular complexity index is 1740. The van der Waals surface area contributed by atoms with Crippen LogP contribution in [0.4, 0.5) is 8.78 Å². The summed E-state index contributed by atoms with van der Waals surface area (Å²) in [6.45, 7) is 3.78. The topological polar surface area (TPSA) is 93.8 Å². The molecule has 10 heteroatoms. The van der Waals surface area contributed by atoms with Crippen molar-refractivity contribution in [3.63, 3.8) is 0 Å². The van der Waals surface area contributed by atoms with Gasteiger partial charge in [-0.1, -0.05) is 61.0 Å². The first kappa shape index (κ1) is 28.8. The first-order valence-electron chi connectivity index (χ1n) is 12.7. The number of nitrogens with one attached hydrogen (secondary N) is 1. The number of rotatable bonds is 8. The van der Waals surface area contributed by atoms with Crippen LogP contribution in [0.3, 0.4) is 0 Å². The lowest BCUT2D eigenvalue weighted by Crippen LogP contribution is -2.28. The van der Waals surface area contributed by atoms with Crippen molar-refractivity contribution in [3.8, 4) is 28.2 Å². The summed E-state index contributed by atoms with van der Waals surface area (Å²) < 4.78 is 37.2. The van der Waals surface area contributed by atoms with Gasteiger partial charge in [0.15, 0.2) is 5.82 Å². The number of nitrogens with zero attached hydrogens (tertiary/aromatic N) is 3. The van der Waals surface area contributed by atoms with Crippen molar-refractivity contribution < 1.29 is 13.3 Å². The predicted octanol–water partition coefficient (Wildman–Crippen LogP) is 6.34. The lowest BCUT2D eigenvalue weighted by molar-refractivity contribution is 0.388. The molecule has 3 aromatic carbocycles. The fourth-order valence-electron chi connectivity index (χ4n) is 4.72. The van der Waals surface area contributed by atoms with Crippen molar-refractivity contribution >= 4 is 17.0 Å². The lowest BCUT2D eigenvalue weighted by Gasteiger charge is -2.16. The smallest absolute Gasteiger partial charge is 0.296 e. The van der Waals surface area contributed by atoms with Crippen LogP contribution >= 0.6 is 17.0 Å². The van der Waals surface area contributed by atoms with Gasteiger partial charge in [0, 0.05) is 23.1 Å². The van der Waals surface area contributed by atoms with Crippen molar-refractivity contribution in [2.24, 2.45) is 0 Å². The van der Waals surface area contributed by atoms with Gasteiger partial charge in [0.1, 0.15) is 17.5 Å². The number of H-pyrrole nitrogens is 1. The van der Waals surface area contributed by atoms with Crippen LogP contribution in [0.1, 0.15) is 42.4 Å². The molecule has 7 nitrogen and oxygen atoms in total. The number of aromatic amines is 1. The Balaban J connectivity index is 0.00000370. The zero-order valence-corrected chi connectivity index (χ0v) is 23.6. The van der Waals surface area contributed by atoms with Gasteiger partial charge in [0.2, 0.25) is 0 Å². The first-order chi connectivity index (χ1) is 18.9. The highest BCUT2D eigenvalue weighted by Crippen LogP contribution is 2.32. The van der Waals surface area contributed by atoms with Crippen LogP contribution in [0.25, 0.3) is 28.2 Å². The Morgan fingerprint density at radius 3 is 2.20 bits per heavy atom. The molecule has 0 unspecified atom stereocenters. The molecule has 2 heterocycles. The fourth-order valence-corrected chi connectivity index (χ4v) is 4.72. The van der Waals surface area contributed by atoms with Gasteiger partial charge in [-0.15, -0.1) is 17.0 Å². The summed E-state index contributed by atoms with van der Waals surface area (Å²) in [6.07, 6.45) is 1.96. The maximum Gasteiger partial charge on any atom is 0.439 e. The van der Waals surface area contributed by atoms with E-state index in [1.165, 1.54) is 16.7 Å². The van der Waals surface area contributed by atoms with Gasteiger partial charge in [-0.3, -0.25) is 18.9 Å². The molecule has 0 radical (unpaired) electrons. The van der Waals surface area contributed by atoms with Gasteiger partial charge in [0.25, 0.3) is 5.56 Å². The van der Waals surface area contributed by atoms with Crippen LogP contribution in [0.15, 0.2) is 80.8 Å². The summed E-state index contributed by atoms with van der Waals surface area (Å²) in [5, 5.41) is 3.70. The highest BCUT2D eigenvalue weighted by Gasteiger charge is 2.21. The zero-order chi connectivity index (χ0) is 27.5. The monoisotopic (exact) mass is 608 g/mol. The standard InChI is InChI=1S/C30H26F2N4O3.BrH/c1-3-4-14-27-24(29(37)36(18(2)33-27)20-10-6-5-7-11-20)17-23-25(31)15-19(16-26(23)32)21-12-8-9-13-22(21)28-34-30(38)39-35-28;/h5-13,15-16H,3-4,14,17H2,1-2H3,(H,34,35,38);1H. The summed E-state index contributed by atoms with van der Waals surface area (Å²) in [5.41, 5.74) is 2.05. The molecule has 0 aliphatic rings. The number of hydrogen-bond donors (Lipinski definition) is 1. The third-order valence-electron chi connectivity index (χ3n) is 6.64. The molecule has 0 amide bonds. The van der Waals surface area contributed by atoms with Gasteiger partial charge in [-0.2, -0.15) is 0 Å². The minimum absolute atomic E-state index is 0. The maximum absolute atomic E-state index is 15.6. The average molecular weight is 609 g/mol. The molecular formula is C30H27BrF2N4O3. The van der Waals surface area contributed by atoms with E-state index in [1.807, 2.05) is 25.1 Å². The maximum atomic E-state index is 15.6. The molecule has 0 aliphatic carbocycles. The van der Waals surface area contributed by atoms with E-state index in [1.54, 1.807) is 43.3 Å². The van der Waals surface area contributed by atoms with Crippen LogP contribution < -0.4 is 11.3 Å². The van der Waals surface area contributed by atoms with E-state index in [4.69, 9.17) is 0 Å². The first-order valence-corrected chi connectivity index (χ1v) is 12.7. The van der Waals surface area contributed by atoms with Crippen molar-refractivity contribution in [2.45, 2.75) is 39.5 Å². The number of aromatic nitrogens is 4. The van der Waals surface area contributed by atoms with E-state index >= 15 is 8.78 Å². The molecule has 5 rings (SSSR count). The lowest BCUT2D eigenvalue weighted by atomic mass is 9.95. The number of benzene rings is 3. The molecule has 0 saturated carbocycles. The third-order valence-corrected chi connectivity index (χ3v) is 6.64. The van der Waals surface area contributed by atoms with Crippen LogP contribution in [-0.2, 0) is 12.8 Å². The second kappa shape index (κ2) is 12.3. The van der Waals surface area contributed by atoms with Crippen LogP contribution in [0.5, 0.6) is 0 Å². The molecule has 40 heavy (non-hydrogen) atoms. The van der Waals surface area contributed by atoms with E-state index in [9.17, 15) is 9.59 Å². The van der Waals surface area contributed by atoms with Gasteiger partial charge in [-0.25, -0.2) is 18.6 Å². The molecule has 0 spiro atoms. The molecule has 0 atom stereocenters. The number of hydrogen-bond acceptors (Lipinski definition) is 5. The highest BCUT2D eigenvalue weighted by atomic mass is 79.9. The summed E-state index contributed by atoms with van der Waals surface area (Å²) >= 11 is 0. The Labute approximate surface area is 239 Å². The van der Waals surface area contributed by atoms with E-state index in [0.29, 0.717) is 34.8 Å². The summed E-state index contributed by atoms with van der Waals surface area (Å²) in [4.78, 5) is 32.3. The molecule has 0 aliphatic heterocycles. The van der Waals surface area contributed by atoms with Gasteiger partial charge >= 0.3 is 5.76 Å². The van der Waals surface area contributed by atoms with Gasteiger partial charge in [-0.05, 0) is 55.2 Å². The number of aryl methyl sites for hydroxylation is 2. The molecule has 0 fully saturated rings. The third kappa shape index (κ3) is 5.72. The van der Waals surface area contributed by atoms with Crippen LogP contribution in [-0.4, -0.2) is 19.7 Å². The zero-order valence-electron chi connectivity index (χ0n) is 21.9. The van der Waals surface area contributed by atoms with Crippen molar-refractivity contribution in [1.82, 2.24) is 19.7 Å². The van der Waals surface area contributed by atoms with Crippen molar-refractivity contribution in [2.75, 3.05) is 0 Å². The fraction of sp³-hybridized carbons (Fsp3) is 0.200. The van der Waals surface area contributed by atoms with E-state index in [-0.39, 0.29) is 51.5 Å². The minimum Gasteiger partial charge on any atom is -0.296 e. The van der Waals surface area contributed by atoms with Crippen molar-refractivity contribution in [1.29, 1.82) is 0 Å². The SMILES string of the molecule is Br.CCCCc1nc(C)n(-c2ccccc2)c(=O)c1Cc1c(F)cc(-c2ccccc2-c2noc(=O)[nH]2)cc1F. The van der Waals surface area contributed by atoms with Crippen molar-refractivity contribution in [3.05, 3.63) is 122 Å². The summed E-state index contributed by atoms with van der Waals surface area (Å²) in [5.74, 6) is -1.66. The Hall–Kier alpha value is -4.18. The predicted molar refractivity (Wildman–Crippen MR) is 154 cm³/mol. The van der Waals surface area contributed by atoms with Crippen LogP contribution in [0, 0.1) is 18.6 Å². The molecule has 5 aromatic rings. The van der Waals surface area contributed by atoms with Crippen LogP contribution in [0.2, 0.25) is 0 Å². The van der Waals surface area contributed by atoms with E-state index in [0.717, 1.165) is 12.8 Å². The quantitative estimate of drug-likeness (QED) is 0.222. The second-order valence-corrected chi connectivity index (χ2v) is 9.25. The number of halogens is 3. The number of unbranched alkanes of at least 4 members (excludes halogenated alkanes) is 1. The normalized spacial score (nSPS) is 10.9. The summed E-state index contributed by atoms with van der Waals surface area (Å²) in [6, 6.07) is 18.3. The summed E-state index contributed by atoms with van der Waals surface area (Å²) in [7, 11) is 0. The molecular weight excluding hydrogens is 582 g/mol. The van der Waals surface area contributed by atoms with Gasteiger partial charge in [0.05, 0.1) is 11.4 Å². The number of para-hydroxylation sites is 1. The van der Waals surface area contributed by atoms with Gasteiger partial charge < -0.3 is 0 Å². The molecule has 0 saturated heterocycles. The Morgan fingerprint density at radius 2 is 1.57 bits per heavy atom. The largest absolute Gasteiger partial charge is 0.439 e. The Morgan fingerprint density at radius 1 is 0.925 bits per heavy atom. The average Bonchev–Trinajstić information content (AvgIpc) is 3.37. The molecule has 0 bridgehead atoms. The Kier molecular flexibility index (Phi) is 8.89. The molecule has 1 N–H and O–H groups in total. The highest BCUT2D eigenvalue weighted by molar-refractivity contribution is 8.93.